The summed E-state index contributed by atoms with van der Waals surface area (Å²) >= 11 is 0. The molecule has 1 N–H and O–H groups in total. The van der Waals surface area contributed by atoms with Gasteiger partial charge in [-0.25, -0.2) is 0 Å². The fraction of sp³-hybridized carbons (Fsp3) is 0.500. The lowest BCUT2D eigenvalue weighted by Gasteiger charge is -2.32. The zero-order valence-electron chi connectivity index (χ0n) is 11.2. The molecule has 0 saturated heterocycles. The van der Waals surface area contributed by atoms with Gasteiger partial charge in [-0.2, -0.15) is 0 Å². The average molecular weight is 232 g/mol. The molecule has 0 saturated carbocycles. The van der Waals surface area contributed by atoms with Crippen LogP contribution in [0.4, 0.5) is 11.4 Å². The van der Waals surface area contributed by atoms with E-state index in [4.69, 9.17) is 0 Å². The zero-order chi connectivity index (χ0) is 12.8. The van der Waals surface area contributed by atoms with Gasteiger partial charge in [-0.15, -0.1) is 0 Å². The quantitative estimate of drug-likeness (QED) is 0.746. The Labute approximate surface area is 103 Å². The number of likely N-dealkylation sites (N-methyl/N-ethyl adjacent to an activating group) is 1. The van der Waals surface area contributed by atoms with Crippen LogP contribution in [0.1, 0.15) is 33.3 Å². The second kappa shape index (κ2) is 3.76. The summed E-state index contributed by atoms with van der Waals surface area (Å²) in [5.41, 5.74) is 3.41. The van der Waals surface area contributed by atoms with E-state index in [1.165, 1.54) is 5.56 Å². The molecule has 1 aromatic rings. The molecular weight excluding hydrogens is 212 g/mol. The second-order valence-electron chi connectivity index (χ2n) is 5.75. The summed E-state index contributed by atoms with van der Waals surface area (Å²) in [5, 5.41) is 3.26. The maximum Gasteiger partial charge on any atom is 0.248 e. The van der Waals surface area contributed by atoms with E-state index < -0.39 is 0 Å². The van der Waals surface area contributed by atoms with Crippen LogP contribution < -0.4 is 10.2 Å². The SMILES string of the molecule is CC1Nc2cc(C(C)(C)C)ccc2N(C)C1=O. The molecule has 0 spiro atoms. The minimum absolute atomic E-state index is 0.112. The molecule has 1 heterocycles. The van der Waals surface area contributed by atoms with E-state index >= 15 is 0 Å². The molecule has 92 valence electrons. The Morgan fingerprint density at radius 3 is 2.53 bits per heavy atom. The standard InChI is InChI=1S/C14H20N2O/c1-9-13(17)16(5)12-7-6-10(14(2,3)4)8-11(12)15-9/h6-9,15H,1-5H3. The van der Waals surface area contributed by atoms with E-state index in [2.05, 4.69) is 38.2 Å². The molecule has 17 heavy (non-hydrogen) atoms. The van der Waals surface area contributed by atoms with Crippen LogP contribution in [0.2, 0.25) is 0 Å². The molecule has 1 aromatic carbocycles. The van der Waals surface area contributed by atoms with Gasteiger partial charge < -0.3 is 10.2 Å². The van der Waals surface area contributed by atoms with Crippen molar-refractivity contribution < 1.29 is 4.79 Å². The summed E-state index contributed by atoms with van der Waals surface area (Å²) in [6.07, 6.45) is 0. The van der Waals surface area contributed by atoms with Crippen LogP contribution in [-0.2, 0) is 10.2 Å². The van der Waals surface area contributed by atoms with E-state index in [9.17, 15) is 4.79 Å². The van der Waals surface area contributed by atoms with Crippen molar-refractivity contribution in [3.8, 4) is 0 Å². The fourth-order valence-corrected chi connectivity index (χ4v) is 2.11. The first-order chi connectivity index (χ1) is 7.80. The van der Waals surface area contributed by atoms with Crippen LogP contribution in [0, 0.1) is 0 Å². The molecule has 0 radical (unpaired) electrons. The average Bonchev–Trinajstić information content (AvgIpc) is 2.24. The molecule has 0 aliphatic carbocycles. The summed E-state index contributed by atoms with van der Waals surface area (Å²) < 4.78 is 0. The number of rotatable bonds is 0. The van der Waals surface area contributed by atoms with Crippen molar-refractivity contribution >= 4 is 17.3 Å². The Morgan fingerprint density at radius 1 is 1.29 bits per heavy atom. The molecule has 1 amide bonds. The van der Waals surface area contributed by atoms with Crippen LogP contribution in [0.3, 0.4) is 0 Å². The monoisotopic (exact) mass is 232 g/mol. The highest BCUT2D eigenvalue weighted by atomic mass is 16.2. The van der Waals surface area contributed by atoms with Gasteiger partial charge in [0.05, 0.1) is 11.4 Å². The number of hydrogen-bond acceptors (Lipinski definition) is 2. The van der Waals surface area contributed by atoms with Gasteiger partial charge in [0.15, 0.2) is 0 Å². The van der Waals surface area contributed by atoms with Crippen LogP contribution in [0.25, 0.3) is 0 Å². The number of fused-ring (bicyclic) bond motifs is 1. The lowest BCUT2D eigenvalue weighted by molar-refractivity contribution is -0.118. The molecular formula is C14H20N2O. The minimum atomic E-state index is -0.150. The van der Waals surface area contributed by atoms with Crippen molar-refractivity contribution in [1.82, 2.24) is 0 Å². The molecule has 1 atom stereocenters. The fourth-order valence-electron chi connectivity index (χ4n) is 2.11. The number of benzene rings is 1. The summed E-state index contributed by atoms with van der Waals surface area (Å²) in [5.74, 6) is 0.112. The van der Waals surface area contributed by atoms with Crippen molar-refractivity contribution in [2.45, 2.75) is 39.2 Å². The van der Waals surface area contributed by atoms with Gasteiger partial charge in [0, 0.05) is 7.05 Å². The highest BCUT2D eigenvalue weighted by Crippen LogP contribution is 2.34. The molecule has 0 bridgehead atoms. The van der Waals surface area contributed by atoms with Crippen LogP contribution >= 0.6 is 0 Å². The predicted molar refractivity (Wildman–Crippen MR) is 71.6 cm³/mol. The van der Waals surface area contributed by atoms with Gasteiger partial charge in [0.25, 0.3) is 0 Å². The number of hydrogen-bond donors (Lipinski definition) is 1. The van der Waals surface area contributed by atoms with Crippen molar-refractivity contribution in [3.05, 3.63) is 23.8 Å². The highest BCUT2D eigenvalue weighted by Gasteiger charge is 2.27. The molecule has 3 heteroatoms. The first-order valence-corrected chi connectivity index (χ1v) is 5.99. The molecule has 0 aromatic heterocycles. The summed E-state index contributed by atoms with van der Waals surface area (Å²) in [7, 11) is 1.83. The Bertz CT molecular complexity index is 460. The number of anilines is 2. The van der Waals surface area contributed by atoms with Crippen LogP contribution in [0.15, 0.2) is 18.2 Å². The Morgan fingerprint density at radius 2 is 1.94 bits per heavy atom. The second-order valence-corrected chi connectivity index (χ2v) is 5.75. The smallest absolute Gasteiger partial charge is 0.248 e. The summed E-state index contributed by atoms with van der Waals surface area (Å²) in [6.45, 7) is 8.47. The van der Waals surface area contributed by atoms with Crippen molar-refractivity contribution in [3.63, 3.8) is 0 Å². The Balaban J connectivity index is 2.48. The predicted octanol–water partition coefficient (Wildman–Crippen LogP) is 2.76. The number of nitrogens with zero attached hydrogens (tertiary/aromatic N) is 1. The summed E-state index contributed by atoms with van der Waals surface area (Å²) in [6, 6.07) is 6.12. The van der Waals surface area contributed by atoms with Crippen molar-refractivity contribution in [1.29, 1.82) is 0 Å². The summed E-state index contributed by atoms with van der Waals surface area (Å²) in [4.78, 5) is 13.6. The van der Waals surface area contributed by atoms with E-state index in [0.717, 1.165) is 11.4 Å². The van der Waals surface area contributed by atoms with Gasteiger partial charge in [-0.05, 0) is 30.0 Å². The first-order valence-electron chi connectivity index (χ1n) is 5.99. The molecule has 2 rings (SSSR count). The largest absolute Gasteiger partial charge is 0.372 e. The zero-order valence-corrected chi connectivity index (χ0v) is 11.2. The third kappa shape index (κ3) is 2.02. The number of nitrogens with one attached hydrogen (secondary N) is 1. The third-order valence-electron chi connectivity index (χ3n) is 3.30. The van der Waals surface area contributed by atoms with E-state index in [1.807, 2.05) is 20.0 Å². The van der Waals surface area contributed by atoms with Gasteiger partial charge in [-0.1, -0.05) is 26.8 Å². The normalized spacial score (nSPS) is 19.9. The maximum atomic E-state index is 11.8. The van der Waals surface area contributed by atoms with Crippen molar-refractivity contribution in [2.75, 3.05) is 17.3 Å². The highest BCUT2D eigenvalue weighted by molar-refractivity contribution is 6.04. The molecule has 0 fully saturated rings. The lowest BCUT2D eigenvalue weighted by Crippen LogP contribution is -2.43. The minimum Gasteiger partial charge on any atom is -0.372 e. The van der Waals surface area contributed by atoms with Crippen molar-refractivity contribution in [2.24, 2.45) is 0 Å². The Kier molecular flexibility index (Phi) is 2.64. The molecule has 1 aliphatic heterocycles. The number of amides is 1. The molecule has 1 aliphatic rings. The van der Waals surface area contributed by atoms with Crippen LogP contribution in [-0.4, -0.2) is 19.0 Å². The number of carbonyl (C=O) groups excluding carboxylic acids is 1. The van der Waals surface area contributed by atoms with E-state index in [1.54, 1.807) is 4.90 Å². The molecule has 1 unspecified atom stereocenters. The van der Waals surface area contributed by atoms with Gasteiger partial charge in [-0.3, -0.25) is 4.79 Å². The topological polar surface area (TPSA) is 32.3 Å². The molecule has 3 nitrogen and oxygen atoms in total. The van der Waals surface area contributed by atoms with Crippen LogP contribution in [0.5, 0.6) is 0 Å². The van der Waals surface area contributed by atoms with E-state index in [0.29, 0.717) is 0 Å². The number of carbonyl (C=O) groups is 1. The Hall–Kier alpha value is -1.51. The maximum absolute atomic E-state index is 11.8. The third-order valence-corrected chi connectivity index (χ3v) is 3.30. The lowest BCUT2D eigenvalue weighted by atomic mass is 9.86. The van der Waals surface area contributed by atoms with Gasteiger partial charge >= 0.3 is 0 Å². The van der Waals surface area contributed by atoms with Gasteiger partial charge in [0.1, 0.15) is 6.04 Å². The van der Waals surface area contributed by atoms with E-state index in [-0.39, 0.29) is 17.4 Å². The van der Waals surface area contributed by atoms with Gasteiger partial charge in [0.2, 0.25) is 5.91 Å². The first kappa shape index (κ1) is 12.0.